The number of hydrogen-bond donors (Lipinski definition) is 0. The third-order valence-corrected chi connectivity index (χ3v) is 2.06. The van der Waals surface area contributed by atoms with Crippen LogP contribution in [0.5, 0.6) is 0 Å². The fraction of sp³-hybridized carbons (Fsp3) is 0.111. The van der Waals surface area contributed by atoms with Gasteiger partial charge in [0.05, 0.1) is 0 Å². The van der Waals surface area contributed by atoms with Crippen molar-refractivity contribution in [2.24, 2.45) is 0 Å². The number of benzene rings is 1. The molecule has 1 rings (SSSR count). The van der Waals surface area contributed by atoms with Crippen LogP contribution in [-0.2, 0) is 4.79 Å². The average molecular weight is 263 g/mol. The number of carbonyl (C=O) groups excluding carboxylic acids is 2. The minimum Gasteiger partial charge on any atom is -0.285 e. The van der Waals surface area contributed by atoms with Gasteiger partial charge in [0.1, 0.15) is 0 Å². The van der Waals surface area contributed by atoms with Crippen LogP contribution in [0.2, 0.25) is 0 Å². The second-order valence-electron chi connectivity index (χ2n) is 2.50. The Hall–Kier alpha value is -1.10. The lowest BCUT2D eigenvalue weighted by atomic mass is 10.1. The van der Waals surface area contributed by atoms with E-state index >= 15 is 0 Å². The third kappa shape index (κ3) is 2.45. The number of alkyl halides is 2. The number of hydrogen-bond acceptors (Lipinski definition) is 2. The third-order valence-electron chi connectivity index (χ3n) is 1.53. The summed E-state index contributed by atoms with van der Waals surface area (Å²) in [5.74, 6) is -2.83. The van der Waals surface area contributed by atoms with Gasteiger partial charge in [0.25, 0.3) is 5.78 Å². The lowest BCUT2D eigenvalue weighted by molar-refractivity contribution is -0.124. The highest BCUT2D eigenvalue weighted by molar-refractivity contribution is 9.10. The molecule has 0 radical (unpaired) electrons. The van der Waals surface area contributed by atoms with Gasteiger partial charge in [-0.1, -0.05) is 15.9 Å². The monoisotopic (exact) mass is 262 g/mol. The van der Waals surface area contributed by atoms with Crippen molar-refractivity contribution in [3.63, 3.8) is 0 Å². The standard InChI is InChI=1S/C9H5BrF2O2/c10-6-3-1-5(2-4-6)7(13)8(14)9(11)12/h1-4,9H. The van der Waals surface area contributed by atoms with E-state index in [0.29, 0.717) is 4.47 Å². The quantitative estimate of drug-likeness (QED) is 0.620. The number of ketones is 2. The molecule has 74 valence electrons. The molecule has 0 aliphatic rings. The van der Waals surface area contributed by atoms with Crippen LogP contribution in [0.4, 0.5) is 8.78 Å². The molecule has 0 heterocycles. The molecule has 0 aliphatic heterocycles. The SMILES string of the molecule is O=C(C(=O)C(F)F)c1ccc(Br)cc1. The van der Waals surface area contributed by atoms with Gasteiger partial charge in [-0.25, -0.2) is 8.78 Å². The average Bonchev–Trinajstić information content (AvgIpc) is 2.16. The zero-order valence-corrected chi connectivity index (χ0v) is 8.42. The molecule has 0 N–H and O–H groups in total. The van der Waals surface area contributed by atoms with E-state index in [4.69, 9.17) is 0 Å². The van der Waals surface area contributed by atoms with Gasteiger partial charge in [-0.2, -0.15) is 0 Å². The molecule has 0 aliphatic carbocycles. The van der Waals surface area contributed by atoms with Crippen LogP contribution in [0, 0.1) is 0 Å². The highest BCUT2D eigenvalue weighted by Gasteiger charge is 2.25. The molecule has 5 heteroatoms. The number of Topliss-reactive ketones (excluding diaryl/α,β-unsaturated/α-hetero) is 2. The summed E-state index contributed by atoms with van der Waals surface area (Å²) in [6, 6.07) is 5.64. The Balaban J connectivity index is 2.90. The second-order valence-corrected chi connectivity index (χ2v) is 3.42. The van der Waals surface area contributed by atoms with Gasteiger partial charge in [0.2, 0.25) is 5.78 Å². The summed E-state index contributed by atoms with van der Waals surface area (Å²) >= 11 is 3.12. The Labute approximate surface area is 87.0 Å². The molecular formula is C9H5BrF2O2. The summed E-state index contributed by atoms with van der Waals surface area (Å²) in [7, 11) is 0. The zero-order valence-electron chi connectivity index (χ0n) is 6.84. The van der Waals surface area contributed by atoms with E-state index in [9.17, 15) is 18.4 Å². The molecule has 1 aromatic carbocycles. The van der Waals surface area contributed by atoms with Crippen LogP contribution in [0.1, 0.15) is 10.4 Å². The van der Waals surface area contributed by atoms with Gasteiger partial charge in [0.15, 0.2) is 0 Å². The van der Waals surface area contributed by atoms with E-state index in [1.54, 1.807) is 0 Å². The molecule has 0 saturated carbocycles. The van der Waals surface area contributed by atoms with E-state index in [1.807, 2.05) is 0 Å². The highest BCUT2D eigenvalue weighted by atomic mass is 79.9. The minimum absolute atomic E-state index is 0.0292. The molecule has 0 atom stereocenters. The summed E-state index contributed by atoms with van der Waals surface area (Å²) in [6.07, 6.45) is -3.24. The topological polar surface area (TPSA) is 34.1 Å². The summed E-state index contributed by atoms with van der Waals surface area (Å²) in [5, 5.41) is 0. The summed E-state index contributed by atoms with van der Waals surface area (Å²) in [4.78, 5) is 21.7. The molecule has 0 bridgehead atoms. The van der Waals surface area contributed by atoms with Crippen molar-refractivity contribution < 1.29 is 18.4 Å². The van der Waals surface area contributed by atoms with Crippen LogP contribution >= 0.6 is 15.9 Å². The summed E-state index contributed by atoms with van der Waals surface area (Å²) in [5.41, 5.74) is -0.0292. The lowest BCUT2D eigenvalue weighted by Crippen LogP contribution is -2.21. The first-order valence-corrected chi connectivity index (χ1v) is 4.44. The lowest BCUT2D eigenvalue weighted by Gasteiger charge is -1.98. The first-order valence-electron chi connectivity index (χ1n) is 3.64. The predicted octanol–water partition coefficient (Wildman–Crippen LogP) is 2.47. The Kier molecular flexibility index (Phi) is 3.46. The number of carbonyl (C=O) groups is 2. The predicted molar refractivity (Wildman–Crippen MR) is 49.5 cm³/mol. The summed E-state index contributed by atoms with van der Waals surface area (Å²) in [6.45, 7) is 0. The molecule has 0 saturated heterocycles. The van der Waals surface area contributed by atoms with Gasteiger partial charge in [-0.3, -0.25) is 9.59 Å². The Morgan fingerprint density at radius 2 is 1.64 bits per heavy atom. The van der Waals surface area contributed by atoms with Gasteiger partial charge in [0, 0.05) is 10.0 Å². The van der Waals surface area contributed by atoms with Crippen molar-refractivity contribution in [1.29, 1.82) is 0 Å². The van der Waals surface area contributed by atoms with Crippen LogP contribution < -0.4 is 0 Å². The van der Waals surface area contributed by atoms with E-state index in [1.165, 1.54) is 24.3 Å². The van der Waals surface area contributed by atoms with Crippen molar-refractivity contribution in [3.05, 3.63) is 34.3 Å². The molecule has 14 heavy (non-hydrogen) atoms. The van der Waals surface area contributed by atoms with Crippen molar-refractivity contribution in [2.75, 3.05) is 0 Å². The van der Waals surface area contributed by atoms with E-state index in [0.717, 1.165) is 0 Å². The molecule has 0 unspecified atom stereocenters. The van der Waals surface area contributed by atoms with Gasteiger partial charge < -0.3 is 0 Å². The largest absolute Gasteiger partial charge is 0.303 e. The fourth-order valence-corrected chi connectivity index (χ4v) is 1.11. The number of halogens is 3. The van der Waals surface area contributed by atoms with Gasteiger partial charge in [-0.15, -0.1) is 0 Å². The molecular weight excluding hydrogens is 258 g/mol. The Bertz CT molecular complexity index is 360. The first kappa shape index (κ1) is 11.0. The van der Waals surface area contributed by atoms with E-state index < -0.39 is 18.0 Å². The van der Waals surface area contributed by atoms with Crippen LogP contribution in [-0.4, -0.2) is 18.0 Å². The van der Waals surface area contributed by atoms with Crippen LogP contribution in [0.25, 0.3) is 0 Å². The van der Waals surface area contributed by atoms with E-state index in [-0.39, 0.29) is 5.56 Å². The second kappa shape index (κ2) is 4.41. The maximum Gasteiger partial charge on any atom is 0.303 e. The van der Waals surface area contributed by atoms with Crippen molar-refractivity contribution in [1.82, 2.24) is 0 Å². The maximum atomic E-state index is 11.9. The Morgan fingerprint density at radius 3 is 2.07 bits per heavy atom. The van der Waals surface area contributed by atoms with Gasteiger partial charge in [-0.05, 0) is 24.3 Å². The van der Waals surface area contributed by atoms with Crippen LogP contribution in [0.3, 0.4) is 0 Å². The molecule has 1 aromatic rings. The highest BCUT2D eigenvalue weighted by Crippen LogP contribution is 2.12. The molecule has 2 nitrogen and oxygen atoms in total. The van der Waals surface area contributed by atoms with Crippen molar-refractivity contribution in [3.8, 4) is 0 Å². The fourth-order valence-electron chi connectivity index (χ4n) is 0.843. The number of rotatable bonds is 3. The smallest absolute Gasteiger partial charge is 0.285 e. The first-order chi connectivity index (χ1) is 6.52. The van der Waals surface area contributed by atoms with Gasteiger partial charge >= 0.3 is 6.43 Å². The van der Waals surface area contributed by atoms with Crippen molar-refractivity contribution in [2.45, 2.75) is 6.43 Å². The minimum atomic E-state index is -3.24. The molecule has 0 aromatic heterocycles. The normalized spacial score (nSPS) is 10.3. The molecule has 0 fully saturated rings. The maximum absolute atomic E-state index is 11.9. The molecule has 0 amide bonds. The van der Waals surface area contributed by atoms with Crippen molar-refractivity contribution >= 4 is 27.5 Å². The zero-order chi connectivity index (χ0) is 10.7. The summed E-state index contributed by atoms with van der Waals surface area (Å²) < 4.78 is 24.4. The Morgan fingerprint density at radius 1 is 1.14 bits per heavy atom. The molecule has 0 spiro atoms. The van der Waals surface area contributed by atoms with E-state index in [2.05, 4.69) is 15.9 Å². The van der Waals surface area contributed by atoms with Crippen LogP contribution in [0.15, 0.2) is 28.7 Å².